The number of hydrogen-bond acceptors (Lipinski definition) is 4. The van der Waals surface area contributed by atoms with Gasteiger partial charge >= 0.3 is 0 Å². The van der Waals surface area contributed by atoms with Crippen LogP contribution < -0.4 is 5.32 Å². The Morgan fingerprint density at radius 1 is 1.47 bits per heavy atom. The molecule has 0 radical (unpaired) electrons. The summed E-state index contributed by atoms with van der Waals surface area (Å²) in [4.78, 5) is 11.6. The van der Waals surface area contributed by atoms with Gasteiger partial charge in [0.2, 0.25) is 5.91 Å². The van der Waals surface area contributed by atoms with E-state index in [1.807, 2.05) is 13.2 Å². The van der Waals surface area contributed by atoms with Crippen molar-refractivity contribution < 1.29 is 9.00 Å². The molecule has 1 saturated heterocycles. The quantitative estimate of drug-likeness (QED) is 0.746. The van der Waals surface area contributed by atoms with Crippen LogP contribution in [-0.2, 0) is 14.5 Å². The number of hydrogen-bond donors (Lipinski definition) is 1. The molecule has 0 bridgehead atoms. The van der Waals surface area contributed by atoms with Gasteiger partial charge in [0, 0.05) is 39.5 Å². The maximum absolute atomic E-state index is 12.0. The molecule has 100 valence electrons. The number of carbonyl (C=O) groups is 1. The first kappa shape index (κ1) is 14.8. The van der Waals surface area contributed by atoms with Crippen LogP contribution in [0.25, 0.3) is 0 Å². The highest BCUT2D eigenvalue weighted by atomic mass is 32.2. The summed E-state index contributed by atoms with van der Waals surface area (Å²) in [5, 5.41) is 2.84. The van der Waals surface area contributed by atoms with E-state index in [4.69, 9.17) is 0 Å². The lowest BCUT2D eigenvalue weighted by Gasteiger charge is -2.09. The molecule has 0 aromatic carbocycles. The molecule has 0 aliphatic carbocycles. The summed E-state index contributed by atoms with van der Waals surface area (Å²) in [5.41, 5.74) is 0. The Balaban J connectivity index is 2.24. The van der Waals surface area contributed by atoms with Crippen LogP contribution in [0, 0.1) is 5.92 Å². The van der Waals surface area contributed by atoms with Gasteiger partial charge in [0.15, 0.2) is 0 Å². The summed E-state index contributed by atoms with van der Waals surface area (Å²) in [6.45, 7) is 2.91. The smallest absolute Gasteiger partial charge is 0.223 e. The summed E-state index contributed by atoms with van der Waals surface area (Å²) in [6.07, 6.45) is 4.04. The van der Waals surface area contributed by atoms with Crippen LogP contribution >= 0.6 is 11.8 Å². The zero-order valence-corrected chi connectivity index (χ0v) is 12.2. The SMILES string of the molecule is CSCC(C)C(=O)NCCN=S1(=O)CCCC1. The van der Waals surface area contributed by atoms with E-state index in [1.165, 1.54) is 0 Å². The van der Waals surface area contributed by atoms with Gasteiger partial charge in [0.25, 0.3) is 0 Å². The third-order valence-corrected chi connectivity index (χ3v) is 6.12. The second kappa shape index (κ2) is 7.26. The van der Waals surface area contributed by atoms with Crippen molar-refractivity contribution in [3.05, 3.63) is 0 Å². The van der Waals surface area contributed by atoms with Gasteiger partial charge in [-0.15, -0.1) is 0 Å². The van der Waals surface area contributed by atoms with Gasteiger partial charge in [-0.2, -0.15) is 11.8 Å². The highest BCUT2D eigenvalue weighted by Crippen LogP contribution is 2.12. The maximum atomic E-state index is 12.0. The standard InChI is InChI=1S/C11H22N2O2S2/c1-10(9-16-2)11(14)12-5-6-13-17(15)7-3-4-8-17/h10H,3-9H2,1-2H3,(H,12,14). The van der Waals surface area contributed by atoms with Crippen molar-refractivity contribution in [3.63, 3.8) is 0 Å². The molecule has 0 saturated carbocycles. The highest BCUT2D eigenvalue weighted by Gasteiger charge is 2.15. The molecule has 1 unspecified atom stereocenters. The van der Waals surface area contributed by atoms with E-state index < -0.39 is 9.73 Å². The molecule has 17 heavy (non-hydrogen) atoms. The first-order valence-electron chi connectivity index (χ1n) is 6.02. The lowest BCUT2D eigenvalue weighted by Crippen LogP contribution is -2.32. The first-order chi connectivity index (χ1) is 8.07. The summed E-state index contributed by atoms with van der Waals surface area (Å²) in [6, 6.07) is 0. The molecule has 1 aliphatic rings. The summed E-state index contributed by atoms with van der Waals surface area (Å²) in [7, 11) is -1.91. The van der Waals surface area contributed by atoms with Crippen molar-refractivity contribution in [2.75, 3.05) is 36.6 Å². The van der Waals surface area contributed by atoms with E-state index in [0.29, 0.717) is 13.1 Å². The van der Waals surface area contributed by atoms with Gasteiger partial charge < -0.3 is 5.32 Å². The van der Waals surface area contributed by atoms with Crippen LogP contribution in [0.5, 0.6) is 0 Å². The normalized spacial score (nSPS) is 19.9. The van der Waals surface area contributed by atoms with Crippen molar-refractivity contribution in [2.45, 2.75) is 19.8 Å². The van der Waals surface area contributed by atoms with Gasteiger partial charge in [-0.1, -0.05) is 6.92 Å². The van der Waals surface area contributed by atoms with Crippen LogP contribution in [0.3, 0.4) is 0 Å². The molecular formula is C11H22N2O2S2. The van der Waals surface area contributed by atoms with E-state index in [1.54, 1.807) is 11.8 Å². The van der Waals surface area contributed by atoms with Crippen molar-refractivity contribution in [1.29, 1.82) is 0 Å². The van der Waals surface area contributed by atoms with E-state index in [-0.39, 0.29) is 11.8 Å². The lowest BCUT2D eigenvalue weighted by molar-refractivity contribution is -0.123. The Morgan fingerprint density at radius 3 is 2.71 bits per heavy atom. The lowest BCUT2D eigenvalue weighted by atomic mass is 10.2. The Kier molecular flexibility index (Phi) is 6.33. The van der Waals surface area contributed by atoms with Crippen LogP contribution in [0.15, 0.2) is 4.36 Å². The second-order valence-corrected chi connectivity index (χ2v) is 7.92. The number of nitrogens with one attached hydrogen (secondary N) is 1. The Hall–Kier alpha value is -0.230. The molecule has 4 nitrogen and oxygen atoms in total. The van der Waals surface area contributed by atoms with Crippen molar-refractivity contribution in [3.8, 4) is 0 Å². The average Bonchev–Trinajstić information content (AvgIpc) is 2.72. The third kappa shape index (κ3) is 5.29. The Labute approximate surface area is 108 Å². The van der Waals surface area contributed by atoms with Crippen molar-refractivity contribution in [2.24, 2.45) is 10.3 Å². The zero-order valence-electron chi connectivity index (χ0n) is 10.6. The predicted octanol–water partition coefficient (Wildman–Crippen LogP) is 1.36. The van der Waals surface area contributed by atoms with E-state index in [9.17, 15) is 9.00 Å². The van der Waals surface area contributed by atoms with Gasteiger partial charge in [-0.05, 0) is 19.1 Å². The molecule has 6 heteroatoms. The number of thioether (sulfide) groups is 1. The molecular weight excluding hydrogens is 256 g/mol. The van der Waals surface area contributed by atoms with E-state index >= 15 is 0 Å². The molecule has 0 aromatic heterocycles. The van der Waals surface area contributed by atoms with Crippen molar-refractivity contribution >= 4 is 27.4 Å². The topological polar surface area (TPSA) is 58.5 Å². The number of rotatable bonds is 6. The molecule has 1 amide bonds. The van der Waals surface area contributed by atoms with Gasteiger partial charge in [-0.25, -0.2) is 8.57 Å². The number of amides is 1. The van der Waals surface area contributed by atoms with Gasteiger partial charge in [-0.3, -0.25) is 4.79 Å². The summed E-state index contributed by atoms with van der Waals surface area (Å²) < 4.78 is 16.2. The van der Waals surface area contributed by atoms with Crippen molar-refractivity contribution in [1.82, 2.24) is 5.32 Å². The minimum Gasteiger partial charge on any atom is -0.354 e. The fraction of sp³-hybridized carbons (Fsp3) is 0.909. The maximum Gasteiger partial charge on any atom is 0.223 e. The molecule has 1 atom stereocenters. The van der Waals surface area contributed by atoms with E-state index in [2.05, 4.69) is 9.68 Å². The molecule has 1 aliphatic heterocycles. The summed E-state index contributed by atoms with van der Waals surface area (Å²) >= 11 is 1.67. The average molecular weight is 278 g/mol. The second-order valence-electron chi connectivity index (χ2n) is 4.39. The Morgan fingerprint density at radius 2 is 2.12 bits per heavy atom. The Bertz CT molecular complexity index is 350. The fourth-order valence-corrected chi connectivity index (χ4v) is 4.63. The minimum atomic E-state index is -1.91. The third-order valence-electron chi connectivity index (χ3n) is 2.78. The fourth-order valence-electron chi connectivity index (χ4n) is 1.78. The van der Waals surface area contributed by atoms with Crippen LogP contribution in [0.4, 0.5) is 0 Å². The molecule has 0 aromatic rings. The largest absolute Gasteiger partial charge is 0.354 e. The monoisotopic (exact) mass is 278 g/mol. The molecule has 1 heterocycles. The summed E-state index contributed by atoms with van der Waals surface area (Å²) in [5.74, 6) is 2.41. The highest BCUT2D eigenvalue weighted by molar-refractivity contribution is 7.98. The molecule has 1 fully saturated rings. The number of carbonyl (C=O) groups excluding carboxylic acids is 1. The number of nitrogens with zero attached hydrogens (tertiary/aromatic N) is 1. The molecule has 0 spiro atoms. The molecule has 1 N–H and O–H groups in total. The minimum absolute atomic E-state index is 0.0324. The van der Waals surface area contributed by atoms with Crippen LogP contribution in [-0.4, -0.2) is 46.7 Å². The van der Waals surface area contributed by atoms with E-state index in [0.717, 1.165) is 30.1 Å². The predicted molar refractivity (Wildman–Crippen MR) is 75.0 cm³/mol. The zero-order chi connectivity index (χ0) is 12.7. The van der Waals surface area contributed by atoms with Crippen LogP contribution in [0.2, 0.25) is 0 Å². The van der Waals surface area contributed by atoms with Gasteiger partial charge in [0.05, 0.1) is 6.54 Å². The van der Waals surface area contributed by atoms with Crippen LogP contribution in [0.1, 0.15) is 19.8 Å². The van der Waals surface area contributed by atoms with Gasteiger partial charge in [0.1, 0.15) is 0 Å². The first-order valence-corrected chi connectivity index (χ1v) is 9.27. The molecule has 1 rings (SSSR count).